The first-order valence-electron chi connectivity index (χ1n) is 11.1. The van der Waals surface area contributed by atoms with Crippen LogP contribution in [0.25, 0.3) is 22.0 Å². The molecule has 1 aliphatic rings. The number of aromatic hydroxyl groups is 1. The Labute approximate surface area is 195 Å². The Morgan fingerprint density at radius 1 is 1.25 bits per heavy atom. The van der Waals surface area contributed by atoms with Crippen molar-refractivity contribution in [1.29, 1.82) is 0 Å². The quantitative estimate of drug-likeness (QED) is 0.490. The molecule has 7 heteroatoms. The van der Waals surface area contributed by atoms with Gasteiger partial charge in [-0.15, -0.1) is 12.4 Å². The van der Waals surface area contributed by atoms with Gasteiger partial charge in [-0.05, 0) is 52.1 Å². The molecule has 0 spiro atoms. The van der Waals surface area contributed by atoms with Gasteiger partial charge < -0.3 is 19.3 Å². The summed E-state index contributed by atoms with van der Waals surface area (Å²) in [5.74, 6) is -0.185. The second-order valence-electron chi connectivity index (χ2n) is 8.57. The number of esters is 1. The lowest BCUT2D eigenvalue weighted by Crippen LogP contribution is -2.21. The average molecular weight is 458 g/mol. The van der Waals surface area contributed by atoms with E-state index in [-0.39, 0.29) is 24.1 Å². The van der Waals surface area contributed by atoms with Crippen LogP contribution < -0.4 is 0 Å². The first-order valence-corrected chi connectivity index (χ1v) is 11.1. The van der Waals surface area contributed by atoms with Crippen molar-refractivity contribution in [2.75, 3.05) is 20.7 Å². The number of ether oxygens (including phenoxy) is 1. The Hall–Kier alpha value is -2.57. The van der Waals surface area contributed by atoms with E-state index in [0.29, 0.717) is 24.8 Å². The summed E-state index contributed by atoms with van der Waals surface area (Å²) in [7, 11) is 4.02. The maximum absolute atomic E-state index is 13.1. The summed E-state index contributed by atoms with van der Waals surface area (Å²) >= 11 is 0. The highest BCUT2D eigenvalue weighted by molar-refractivity contribution is 6.07. The largest absolute Gasteiger partial charge is 0.507 e. The van der Waals surface area contributed by atoms with E-state index in [4.69, 9.17) is 4.74 Å². The summed E-state index contributed by atoms with van der Waals surface area (Å²) in [6.07, 6.45) is 9.29. The lowest BCUT2D eigenvalue weighted by Gasteiger charge is -2.27. The summed E-state index contributed by atoms with van der Waals surface area (Å²) < 4.78 is 7.80. The highest BCUT2D eigenvalue weighted by atomic mass is 35.5. The standard InChI is InChI=1S/C25H31N3O3.ClH/c1-4-31-25(30)24-20-14-23(29)19(17-9-8-12-26-15-17)13-21(20)28(22(24)16-27(2)3)18-10-6-5-7-11-18;/h8-9,12-15,18,29H,4-7,10-11,16H2,1-3H3;1H. The van der Waals surface area contributed by atoms with E-state index in [0.717, 1.165) is 40.6 Å². The van der Waals surface area contributed by atoms with Crippen LogP contribution in [0.5, 0.6) is 5.75 Å². The predicted octanol–water partition coefficient (Wildman–Crippen LogP) is 5.57. The number of aromatic nitrogens is 2. The van der Waals surface area contributed by atoms with Crippen LogP contribution in [0.2, 0.25) is 0 Å². The van der Waals surface area contributed by atoms with Crippen molar-refractivity contribution >= 4 is 29.3 Å². The number of pyridine rings is 1. The fourth-order valence-electron chi connectivity index (χ4n) is 4.79. The highest BCUT2D eigenvalue weighted by Crippen LogP contribution is 2.41. The highest BCUT2D eigenvalue weighted by Gasteiger charge is 2.29. The van der Waals surface area contributed by atoms with Gasteiger partial charge in [0.2, 0.25) is 0 Å². The number of rotatable bonds is 6. The first kappa shape index (κ1) is 24.1. The lowest BCUT2D eigenvalue weighted by molar-refractivity contribution is 0.0526. The molecule has 0 bridgehead atoms. The number of hydrogen-bond acceptors (Lipinski definition) is 5. The molecule has 4 rings (SSSR count). The minimum atomic E-state index is -0.326. The van der Waals surface area contributed by atoms with E-state index in [1.807, 2.05) is 39.2 Å². The Morgan fingerprint density at radius 3 is 2.62 bits per heavy atom. The molecule has 3 aromatic rings. The van der Waals surface area contributed by atoms with Crippen molar-refractivity contribution in [3.63, 3.8) is 0 Å². The summed E-state index contributed by atoms with van der Waals surface area (Å²) in [5.41, 5.74) is 4.09. The molecule has 0 radical (unpaired) electrons. The average Bonchev–Trinajstić information content (AvgIpc) is 3.06. The van der Waals surface area contributed by atoms with Crippen molar-refractivity contribution in [3.8, 4) is 16.9 Å². The van der Waals surface area contributed by atoms with E-state index >= 15 is 0 Å². The molecule has 32 heavy (non-hydrogen) atoms. The summed E-state index contributed by atoms with van der Waals surface area (Å²) in [5, 5.41) is 11.6. The monoisotopic (exact) mass is 457 g/mol. The lowest BCUT2D eigenvalue weighted by atomic mass is 9.95. The molecule has 0 amide bonds. The molecule has 0 unspecified atom stereocenters. The molecule has 2 heterocycles. The fraction of sp³-hybridized carbons (Fsp3) is 0.440. The number of carbonyl (C=O) groups is 1. The van der Waals surface area contributed by atoms with E-state index < -0.39 is 0 Å². The normalized spacial score (nSPS) is 14.5. The van der Waals surface area contributed by atoms with Gasteiger partial charge >= 0.3 is 5.97 Å². The van der Waals surface area contributed by atoms with Crippen LogP contribution in [-0.4, -0.2) is 46.2 Å². The summed E-state index contributed by atoms with van der Waals surface area (Å²) in [6, 6.07) is 7.87. The van der Waals surface area contributed by atoms with Crippen LogP contribution in [0.3, 0.4) is 0 Å². The second kappa shape index (κ2) is 10.4. The van der Waals surface area contributed by atoms with Crippen molar-refractivity contribution < 1.29 is 14.6 Å². The van der Waals surface area contributed by atoms with E-state index in [2.05, 4.69) is 14.5 Å². The number of fused-ring (bicyclic) bond motifs is 1. The Balaban J connectivity index is 0.00000289. The topological polar surface area (TPSA) is 67.6 Å². The fourth-order valence-corrected chi connectivity index (χ4v) is 4.79. The molecule has 1 fully saturated rings. The molecule has 1 aromatic carbocycles. The number of benzene rings is 1. The van der Waals surface area contributed by atoms with Gasteiger partial charge in [0.05, 0.1) is 17.7 Å². The van der Waals surface area contributed by atoms with Gasteiger partial charge in [-0.1, -0.05) is 25.3 Å². The summed E-state index contributed by atoms with van der Waals surface area (Å²) in [4.78, 5) is 19.4. The van der Waals surface area contributed by atoms with Crippen LogP contribution in [-0.2, 0) is 11.3 Å². The van der Waals surface area contributed by atoms with Gasteiger partial charge in [0.1, 0.15) is 5.75 Å². The SMILES string of the molecule is CCOC(=O)c1c(CN(C)C)n(C2CCCCC2)c2cc(-c3cccnc3)c(O)cc12.Cl. The second-order valence-corrected chi connectivity index (χ2v) is 8.57. The molecule has 172 valence electrons. The summed E-state index contributed by atoms with van der Waals surface area (Å²) in [6.45, 7) is 2.76. The number of phenolic OH excluding ortho intramolecular Hbond substituents is 1. The zero-order valence-corrected chi connectivity index (χ0v) is 19.8. The molecule has 0 saturated heterocycles. The molecule has 0 atom stereocenters. The van der Waals surface area contributed by atoms with Gasteiger partial charge in [0, 0.05) is 47.2 Å². The van der Waals surface area contributed by atoms with Gasteiger partial charge in [-0.2, -0.15) is 0 Å². The molecule has 2 aromatic heterocycles. The Morgan fingerprint density at radius 2 is 2.00 bits per heavy atom. The molecule has 1 aliphatic carbocycles. The molecule has 1 saturated carbocycles. The number of halogens is 1. The van der Waals surface area contributed by atoms with Crippen LogP contribution in [0.4, 0.5) is 0 Å². The Kier molecular flexibility index (Phi) is 7.80. The number of carbonyl (C=O) groups excluding carboxylic acids is 1. The molecule has 6 nitrogen and oxygen atoms in total. The zero-order chi connectivity index (χ0) is 22.0. The van der Waals surface area contributed by atoms with Crippen molar-refractivity contribution in [2.45, 2.75) is 51.6 Å². The van der Waals surface area contributed by atoms with Crippen molar-refractivity contribution in [3.05, 3.63) is 47.9 Å². The predicted molar refractivity (Wildman–Crippen MR) is 130 cm³/mol. The third kappa shape index (κ3) is 4.62. The van der Waals surface area contributed by atoms with E-state index in [1.165, 1.54) is 19.3 Å². The van der Waals surface area contributed by atoms with Gasteiger partial charge in [0.15, 0.2) is 0 Å². The number of phenols is 1. The number of hydrogen-bond donors (Lipinski definition) is 1. The molecular weight excluding hydrogens is 426 g/mol. The maximum atomic E-state index is 13.1. The maximum Gasteiger partial charge on any atom is 0.340 e. The van der Waals surface area contributed by atoms with Crippen LogP contribution >= 0.6 is 12.4 Å². The van der Waals surface area contributed by atoms with Crippen molar-refractivity contribution in [2.24, 2.45) is 0 Å². The third-order valence-corrected chi connectivity index (χ3v) is 6.08. The third-order valence-electron chi connectivity index (χ3n) is 6.08. The minimum Gasteiger partial charge on any atom is -0.507 e. The zero-order valence-electron chi connectivity index (χ0n) is 19.0. The molecular formula is C25H32ClN3O3. The van der Waals surface area contributed by atoms with Crippen LogP contribution in [0.15, 0.2) is 36.7 Å². The minimum absolute atomic E-state index is 0. The molecule has 1 N–H and O–H groups in total. The van der Waals surface area contributed by atoms with E-state index in [9.17, 15) is 9.90 Å². The smallest absolute Gasteiger partial charge is 0.340 e. The number of nitrogens with zero attached hydrogens (tertiary/aromatic N) is 3. The van der Waals surface area contributed by atoms with Gasteiger partial charge in [-0.3, -0.25) is 4.98 Å². The van der Waals surface area contributed by atoms with Crippen LogP contribution in [0, 0.1) is 0 Å². The Bertz CT molecular complexity index is 1070. The van der Waals surface area contributed by atoms with E-state index in [1.54, 1.807) is 18.5 Å². The van der Waals surface area contributed by atoms with Gasteiger partial charge in [-0.25, -0.2) is 4.79 Å². The molecule has 0 aliphatic heterocycles. The first-order chi connectivity index (χ1) is 15.0. The van der Waals surface area contributed by atoms with Gasteiger partial charge in [0.25, 0.3) is 0 Å². The van der Waals surface area contributed by atoms with Crippen molar-refractivity contribution in [1.82, 2.24) is 14.5 Å². The van der Waals surface area contributed by atoms with Crippen LogP contribution in [0.1, 0.15) is 61.1 Å².